The fourth-order valence-electron chi connectivity index (χ4n) is 1.73. The third kappa shape index (κ3) is 6.04. The normalized spacial score (nSPS) is 10.3. The van der Waals surface area contributed by atoms with Crippen LogP contribution in [-0.4, -0.2) is 18.0 Å². The lowest BCUT2D eigenvalue weighted by Crippen LogP contribution is -2.47. The number of rotatable bonds is 7. The molecule has 19 heavy (non-hydrogen) atoms. The van der Waals surface area contributed by atoms with Crippen LogP contribution in [0.25, 0.3) is 0 Å². The maximum absolute atomic E-state index is 11.4. The van der Waals surface area contributed by atoms with E-state index in [0.717, 1.165) is 6.42 Å². The molecule has 1 rings (SSSR count). The Hall–Kier alpha value is -1.84. The van der Waals surface area contributed by atoms with Crippen molar-refractivity contribution in [3.05, 3.63) is 35.9 Å². The number of nitrogens with one attached hydrogen (secondary N) is 2. The summed E-state index contributed by atoms with van der Waals surface area (Å²) in [6, 6.07) is 10.0. The lowest BCUT2D eigenvalue weighted by molar-refractivity contribution is -0.124. The van der Waals surface area contributed by atoms with Crippen molar-refractivity contribution < 1.29 is 9.59 Å². The second kappa shape index (κ2) is 8.29. The molecule has 104 valence electrons. The van der Waals surface area contributed by atoms with E-state index in [-0.39, 0.29) is 18.0 Å². The van der Waals surface area contributed by atoms with Gasteiger partial charge < -0.3 is 10.6 Å². The highest BCUT2D eigenvalue weighted by molar-refractivity contribution is 5.78. The van der Waals surface area contributed by atoms with Crippen molar-refractivity contribution in [2.24, 2.45) is 0 Å². The van der Waals surface area contributed by atoms with E-state index >= 15 is 0 Å². The molecule has 0 aliphatic heterocycles. The van der Waals surface area contributed by atoms with E-state index in [4.69, 9.17) is 0 Å². The molecular weight excluding hydrogens is 240 g/mol. The van der Waals surface area contributed by atoms with Gasteiger partial charge in [-0.15, -0.1) is 0 Å². The predicted octanol–water partition coefficient (Wildman–Crippen LogP) is 2.00. The van der Waals surface area contributed by atoms with E-state index in [9.17, 15) is 9.59 Å². The number of carbonyl (C=O) groups excluding carboxylic acids is 2. The molecule has 0 bridgehead atoms. The largest absolute Gasteiger partial charge is 0.336 e. The molecule has 0 spiro atoms. The molecule has 1 aromatic carbocycles. The van der Waals surface area contributed by atoms with Gasteiger partial charge in [0.05, 0.1) is 0 Å². The van der Waals surface area contributed by atoms with Crippen molar-refractivity contribution in [1.29, 1.82) is 0 Å². The minimum absolute atomic E-state index is 0.0468. The van der Waals surface area contributed by atoms with Gasteiger partial charge in [-0.05, 0) is 18.4 Å². The van der Waals surface area contributed by atoms with Crippen molar-refractivity contribution >= 4 is 11.8 Å². The van der Waals surface area contributed by atoms with Crippen LogP contribution in [0, 0.1) is 0 Å². The number of carbonyl (C=O) groups is 2. The van der Waals surface area contributed by atoms with Crippen LogP contribution >= 0.6 is 0 Å². The van der Waals surface area contributed by atoms with Gasteiger partial charge in [0.1, 0.15) is 6.17 Å². The fraction of sp³-hybridized carbons (Fsp3) is 0.467. The summed E-state index contributed by atoms with van der Waals surface area (Å²) in [7, 11) is 0. The zero-order valence-electron chi connectivity index (χ0n) is 11.6. The van der Waals surface area contributed by atoms with Crippen molar-refractivity contribution in [2.75, 3.05) is 0 Å². The summed E-state index contributed by atoms with van der Waals surface area (Å²) in [6.45, 7) is 3.59. The van der Waals surface area contributed by atoms with Crippen LogP contribution in [0.2, 0.25) is 0 Å². The average molecular weight is 262 g/mol. The van der Waals surface area contributed by atoms with E-state index in [1.807, 2.05) is 30.3 Å². The molecule has 0 heterocycles. The molecular formula is C15H22N2O2. The van der Waals surface area contributed by atoms with Crippen molar-refractivity contribution in [1.82, 2.24) is 10.6 Å². The zero-order valence-corrected chi connectivity index (χ0v) is 11.6. The van der Waals surface area contributed by atoms with Crippen LogP contribution in [0.15, 0.2) is 30.3 Å². The number of aryl methyl sites for hydroxylation is 1. The highest BCUT2D eigenvalue weighted by Crippen LogP contribution is 2.04. The van der Waals surface area contributed by atoms with Gasteiger partial charge in [0, 0.05) is 12.8 Å². The highest BCUT2D eigenvalue weighted by atomic mass is 16.2. The van der Waals surface area contributed by atoms with Crippen LogP contribution in [0.5, 0.6) is 0 Å². The molecule has 2 N–H and O–H groups in total. The van der Waals surface area contributed by atoms with Crippen LogP contribution in [0.4, 0.5) is 0 Å². The topological polar surface area (TPSA) is 58.2 Å². The Bertz CT molecular complexity index is 386. The molecule has 0 fully saturated rings. The Kier molecular flexibility index (Phi) is 6.64. The minimum atomic E-state index is -0.292. The number of hydrogen-bond donors (Lipinski definition) is 2. The number of hydrogen-bond acceptors (Lipinski definition) is 2. The average Bonchev–Trinajstić information content (AvgIpc) is 2.45. The van der Waals surface area contributed by atoms with E-state index in [1.165, 1.54) is 5.56 Å². The van der Waals surface area contributed by atoms with Gasteiger partial charge in [-0.2, -0.15) is 0 Å². The van der Waals surface area contributed by atoms with Gasteiger partial charge in [0.25, 0.3) is 0 Å². The molecule has 0 radical (unpaired) electrons. The van der Waals surface area contributed by atoms with Gasteiger partial charge in [0.2, 0.25) is 11.8 Å². The summed E-state index contributed by atoms with van der Waals surface area (Å²) in [5.41, 5.74) is 1.20. The SMILES string of the molecule is CCC(=O)NC(CCc1ccccc1)NC(=O)CC. The quantitative estimate of drug-likeness (QED) is 0.738. The molecule has 0 unspecified atom stereocenters. The van der Waals surface area contributed by atoms with Crippen LogP contribution in [0.3, 0.4) is 0 Å². The summed E-state index contributed by atoms with van der Waals surface area (Å²) in [5, 5.41) is 5.66. The monoisotopic (exact) mass is 262 g/mol. The van der Waals surface area contributed by atoms with Crippen LogP contribution < -0.4 is 10.6 Å². The first-order valence-electron chi connectivity index (χ1n) is 6.78. The first kappa shape index (κ1) is 15.2. The standard InChI is InChI=1S/C15H22N2O2/c1-3-14(18)16-13(17-15(19)4-2)11-10-12-8-6-5-7-9-12/h5-9,13H,3-4,10-11H2,1-2H3,(H,16,18)(H,17,19). The molecule has 0 saturated carbocycles. The lowest BCUT2D eigenvalue weighted by Gasteiger charge is -2.19. The molecule has 0 saturated heterocycles. The van der Waals surface area contributed by atoms with Crippen molar-refractivity contribution in [2.45, 2.75) is 45.7 Å². The van der Waals surface area contributed by atoms with Gasteiger partial charge in [-0.1, -0.05) is 44.2 Å². The van der Waals surface area contributed by atoms with Crippen molar-refractivity contribution in [3.8, 4) is 0 Å². The summed E-state index contributed by atoms with van der Waals surface area (Å²) in [4.78, 5) is 22.9. The summed E-state index contributed by atoms with van der Waals surface area (Å²) in [6.07, 6.45) is 2.06. The third-order valence-electron chi connectivity index (χ3n) is 2.88. The molecule has 0 atom stereocenters. The Morgan fingerprint density at radius 2 is 1.53 bits per heavy atom. The zero-order chi connectivity index (χ0) is 14.1. The van der Waals surface area contributed by atoms with E-state index in [1.54, 1.807) is 13.8 Å². The first-order valence-corrected chi connectivity index (χ1v) is 6.78. The second-order valence-electron chi connectivity index (χ2n) is 4.42. The third-order valence-corrected chi connectivity index (χ3v) is 2.88. The van der Waals surface area contributed by atoms with E-state index < -0.39 is 0 Å². The lowest BCUT2D eigenvalue weighted by atomic mass is 10.1. The second-order valence-corrected chi connectivity index (χ2v) is 4.42. The Balaban J connectivity index is 2.53. The summed E-state index contributed by atoms with van der Waals surface area (Å²) < 4.78 is 0. The van der Waals surface area contributed by atoms with Gasteiger partial charge in [-0.25, -0.2) is 0 Å². The van der Waals surface area contributed by atoms with Gasteiger partial charge >= 0.3 is 0 Å². The molecule has 4 nitrogen and oxygen atoms in total. The Morgan fingerprint density at radius 1 is 1.00 bits per heavy atom. The molecule has 0 aromatic heterocycles. The first-order chi connectivity index (χ1) is 9.15. The smallest absolute Gasteiger partial charge is 0.221 e. The fourth-order valence-corrected chi connectivity index (χ4v) is 1.73. The Labute approximate surface area is 114 Å². The van der Waals surface area contributed by atoms with Gasteiger partial charge in [0.15, 0.2) is 0 Å². The number of benzene rings is 1. The molecule has 4 heteroatoms. The van der Waals surface area contributed by atoms with E-state index in [2.05, 4.69) is 10.6 Å². The number of amides is 2. The predicted molar refractivity (Wildman–Crippen MR) is 75.4 cm³/mol. The maximum Gasteiger partial charge on any atom is 0.221 e. The maximum atomic E-state index is 11.4. The molecule has 0 aliphatic rings. The van der Waals surface area contributed by atoms with Gasteiger partial charge in [-0.3, -0.25) is 9.59 Å². The molecule has 0 aliphatic carbocycles. The summed E-state index contributed by atoms with van der Waals surface area (Å²) >= 11 is 0. The summed E-state index contributed by atoms with van der Waals surface area (Å²) in [5.74, 6) is -0.0936. The van der Waals surface area contributed by atoms with E-state index in [0.29, 0.717) is 19.3 Å². The molecule has 1 aromatic rings. The van der Waals surface area contributed by atoms with Crippen LogP contribution in [0.1, 0.15) is 38.7 Å². The molecule has 2 amide bonds. The highest BCUT2D eigenvalue weighted by Gasteiger charge is 2.13. The van der Waals surface area contributed by atoms with Crippen molar-refractivity contribution in [3.63, 3.8) is 0 Å². The van der Waals surface area contributed by atoms with Crippen LogP contribution in [-0.2, 0) is 16.0 Å². The Morgan fingerprint density at radius 3 is 2.00 bits per heavy atom. The minimum Gasteiger partial charge on any atom is -0.336 e.